The number of aliphatic hydroxyl groups is 1. The number of hydrogen-bond donors (Lipinski definition) is 1. The Morgan fingerprint density at radius 1 is 1.46 bits per heavy atom. The van der Waals surface area contributed by atoms with E-state index >= 15 is 0 Å². The van der Waals surface area contributed by atoms with Crippen LogP contribution in [0.25, 0.3) is 0 Å². The Balaban J connectivity index is 2.28. The van der Waals surface area contributed by atoms with Gasteiger partial charge in [-0.25, -0.2) is 0 Å². The van der Waals surface area contributed by atoms with Crippen LogP contribution in [-0.2, 0) is 0 Å². The van der Waals surface area contributed by atoms with Crippen molar-refractivity contribution in [3.05, 3.63) is 11.6 Å². The molecule has 0 amide bonds. The van der Waals surface area contributed by atoms with E-state index in [-0.39, 0.29) is 6.10 Å². The lowest BCUT2D eigenvalue weighted by molar-refractivity contribution is 0.0148. The first-order valence-electron chi connectivity index (χ1n) is 5.52. The van der Waals surface area contributed by atoms with E-state index in [0.717, 1.165) is 6.42 Å². The van der Waals surface area contributed by atoms with Gasteiger partial charge in [-0.1, -0.05) is 18.6 Å². The van der Waals surface area contributed by atoms with Crippen LogP contribution in [0.2, 0.25) is 0 Å². The minimum Gasteiger partial charge on any atom is -0.393 e. The highest BCUT2D eigenvalue weighted by Gasteiger charge is 2.47. The van der Waals surface area contributed by atoms with Crippen LogP contribution >= 0.6 is 0 Å². The summed E-state index contributed by atoms with van der Waals surface area (Å²) in [4.78, 5) is 0. The largest absolute Gasteiger partial charge is 0.393 e. The third-order valence-corrected chi connectivity index (χ3v) is 4.29. The van der Waals surface area contributed by atoms with Crippen molar-refractivity contribution in [2.45, 2.75) is 52.1 Å². The van der Waals surface area contributed by atoms with E-state index in [9.17, 15) is 5.11 Å². The Labute approximate surface area is 80.8 Å². The Kier molecular flexibility index (Phi) is 2.23. The van der Waals surface area contributed by atoms with Crippen LogP contribution < -0.4 is 0 Å². The van der Waals surface area contributed by atoms with Crippen LogP contribution in [-0.4, -0.2) is 11.2 Å². The summed E-state index contributed by atoms with van der Waals surface area (Å²) >= 11 is 0. The average molecular weight is 180 g/mol. The molecule has 3 atom stereocenters. The molecule has 1 heteroatoms. The first-order chi connectivity index (χ1) is 6.18. The van der Waals surface area contributed by atoms with Crippen molar-refractivity contribution in [1.29, 1.82) is 0 Å². The van der Waals surface area contributed by atoms with Crippen molar-refractivity contribution in [3.63, 3.8) is 0 Å². The first kappa shape index (κ1) is 9.26. The second-order valence-electron chi connectivity index (χ2n) is 4.84. The molecule has 1 nitrogen and oxygen atoms in total. The molecule has 0 radical (unpaired) electrons. The van der Waals surface area contributed by atoms with Gasteiger partial charge >= 0.3 is 0 Å². The maximum atomic E-state index is 9.93. The molecule has 0 aromatic carbocycles. The van der Waals surface area contributed by atoms with E-state index in [0.29, 0.717) is 11.3 Å². The van der Waals surface area contributed by atoms with Gasteiger partial charge in [-0.3, -0.25) is 0 Å². The fourth-order valence-corrected chi connectivity index (χ4v) is 3.47. The van der Waals surface area contributed by atoms with E-state index in [1.165, 1.54) is 25.7 Å². The molecular weight excluding hydrogens is 160 g/mol. The number of fused-ring (bicyclic) bond motifs is 1. The van der Waals surface area contributed by atoms with Crippen LogP contribution in [0.5, 0.6) is 0 Å². The van der Waals surface area contributed by atoms with Gasteiger partial charge in [0.05, 0.1) is 6.10 Å². The van der Waals surface area contributed by atoms with E-state index in [4.69, 9.17) is 0 Å². The van der Waals surface area contributed by atoms with Crippen molar-refractivity contribution in [2.75, 3.05) is 0 Å². The number of rotatable bonds is 0. The van der Waals surface area contributed by atoms with Crippen LogP contribution in [0, 0.1) is 11.3 Å². The van der Waals surface area contributed by atoms with Gasteiger partial charge in [0.15, 0.2) is 0 Å². The van der Waals surface area contributed by atoms with Crippen LogP contribution in [0.1, 0.15) is 46.0 Å². The predicted molar refractivity (Wildman–Crippen MR) is 54.4 cm³/mol. The van der Waals surface area contributed by atoms with E-state index in [2.05, 4.69) is 19.9 Å². The van der Waals surface area contributed by atoms with Crippen molar-refractivity contribution in [2.24, 2.45) is 11.3 Å². The Morgan fingerprint density at radius 3 is 2.92 bits per heavy atom. The van der Waals surface area contributed by atoms with Crippen LogP contribution in [0.3, 0.4) is 0 Å². The van der Waals surface area contributed by atoms with Crippen molar-refractivity contribution < 1.29 is 5.11 Å². The molecule has 2 saturated carbocycles. The smallest absolute Gasteiger partial charge is 0.0576 e. The fraction of sp³-hybridized carbons (Fsp3) is 0.833. The molecule has 3 unspecified atom stereocenters. The molecule has 0 bridgehead atoms. The number of hydrogen-bond acceptors (Lipinski definition) is 1. The Hall–Kier alpha value is -0.300. The van der Waals surface area contributed by atoms with Gasteiger partial charge < -0.3 is 5.11 Å². The summed E-state index contributed by atoms with van der Waals surface area (Å²) < 4.78 is 0. The molecule has 2 fully saturated rings. The topological polar surface area (TPSA) is 20.2 Å². The maximum Gasteiger partial charge on any atom is 0.0576 e. The molecule has 0 aromatic rings. The molecule has 2 rings (SSSR count). The third kappa shape index (κ3) is 1.25. The average Bonchev–Trinajstić information content (AvgIpc) is 2.43. The summed E-state index contributed by atoms with van der Waals surface area (Å²) in [6.07, 6.45) is 8.18. The summed E-state index contributed by atoms with van der Waals surface area (Å²) in [7, 11) is 0. The van der Waals surface area contributed by atoms with Crippen LogP contribution in [0.15, 0.2) is 11.6 Å². The van der Waals surface area contributed by atoms with Crippen molar-refractivity contribution in [1.82, 2.24) is 0 Å². The molecule has 0 saturated heterocycles. The molecule has 74 valence electrons. The second-order valence-corrected chi connectivity index (χ2v) is 4.84. The van der Waals surface area contributed by atoms with Gasteiger partial charge in [0.2, 0.25) is 0 Å². The normalized spacial score (nSPS) is 48.1. The Bertz CT molecular complexity index is 231. The highest BCUT2D eigenvalue weighted by Crippen LogP contribution is 2.54. The molecule has 13 heavy (non-hydrogen) atoms. The SMILES string of the molecule is C/C=C1\CCC2C(O)CCCC12C. The second kappa shape index (κ2) is 3.13. The highest BCUT2D eigenvalue weighted by molar-refractivity contribution is 5.21. The molecule has 2 aliphatic rings. The van der Waals surface area contributed by atoms with Gasteiger partial charge in [0.25, 0.3) is 0 Å². The lowest BCUT2D eigenvalue weighted by Gasteiger charge is -2.40. The van der Waals surface area contributed by atoms with E-state index in [1.54, 1.807) is 5.57 Å². The van der Waals surface area contributed by atoms with E-state index < -0.39 is 0 Å². The molecule has 0 aliphatic heterocycles. The lowest BCUT2D eigenvalue weighted by atomic mass is 9.66. The quantitative estimate of drug-likeness (QED) is 0.568. The van der Waals surface area contributed by atoms with Gasteiger partial charge in [0.1, 0.15) is 0 Å². The monoisotopic (exact) mass is 180 g/mol. The third-order valence-electron chi connectivity index (χ3n) is 4.29. The molecule has 2 aliphatic carbocycles. The van der Waals surface area contributed by atoms with Crippen molar-refractivity contribution in [3.8, 4) is 0 Å². The van der Waals surface area contributed by atoms with Crippen molar-refractivity contribution >= 4 is 0 Å². The zero-order valence-electron chi connectivity index (χ0n) is 8.71. The lowest BCUT2D eigenvalue weighted by Crippen LogP contribution is -2.37. The summed E-state index contributed by atoms with van der Waals surface area (Å²) in [5.41, 5.74) is 1.93. The number of allylic oxidation sites excluding steroid dienone is 2. The molecule has 0 aromatic heterocycles. The van der Waals surface area contributed by atoms with Gasteiger partial charge in [-0.05, 0) is 50.4 Å². The summed E-state index contributed by atoms with van der Waals surface area (Å²) in [6.45, 7) is 4.49. The fourth-order valence-electron chi connectivity index (χ4n) is 3.47. The summed E-state index contributed by atoms with van der Waals surface area (Å²) in [5.74, 6) is 0.549. The zero-order chi connectivity index (χ0) is 9.47. The van der Waals surface area contributed by atoms with Gasteiger partial charge in [-0.2, -0.15) is 0 Å². The Morgan fingerprint density at radius 2 is 2.23 bits per heavy atom. The maximum absolute atomic E-state index is 9.93. The molecule has 1 N–H and O–H groups in total. The van der Waals surface area contributed by atoms with Gasteiger partial charge in [-0.15, -0.1) is 0 Å². The first-order valence-corrected chi connectivity index (χ1v) is 5.52. The van der Waals surface area contributed by atoms with E-state index in [1.807, 2.05) is 0 Å². The predicted octanol–water partition coefficient (Wildman–Crippen LogP) is 2.89. The van der Waals surface area contributed by atoms with Crippen LogP contribution in [0.4, 0.5) is 0 Å². The highest BCUT2D eigenvalue weighted by atomic mass is 16.3. The summed E-state index contributed by atoms with van der Waals surface area (Å²) in [5, 5.41) is 9.93. The molecule has 0 heterocycles. The molecule has 0 spiro atoms. The van der Waals surface area contributed by atoms with Gasteiger partial charge in [0, 0.05) is 0 Å². The standard InChI is InChI=1S/C12H20O/c1-3-9-6-7-10-11(13)5-4-8-12(9,10)2/h3,10-11,13H,4-8H2,1-2H3/b9-3+. The summed E-state index contributed by atoms with van der Waals surface area (Å²) in [6, 6.07) is 0. The minimum absolute atomic E-state index is 0.0313. The minimum atomic E-state index is -0.0313. The zero-order valence-corrected chi connectivity index (χ0v) is 8.71. The number of aliphatic hydroxyl groups excluding tert-OH is 1. The molecular formula is C12H20O.